The zero-order valence-electron chi connectivity index (χ0n) is 17.6. The molecule has 1 aliphatic rings. The molecule has 8 nitrogen and oxygen atoms in total. The van der Waals surface area contributed by atoms with E-state index in [1.165, 1.54) is 4.80 Å². The summed E-state index contributed by atoms with van der Waals surface area (Å²) in [5.41, 5.74) is 0.0275. The maximum absolute atomic E-state index is 13.9. The predicted molar refractivity (Wildman–Crippen MR) is 106 cm³/mol. The molecule has 1 fully saturated rings. The molecule has 1 aliphatic carbocycles. The third-order valence-electron chi connectivity index (χ3n) is 5.65. The van der Waals surface area contributed by atoms with Crippen LogP contribution in [-0.4, -0.2) is 41.8 Å². The van der Waals surface area contributed by atoms with Crippen LogP contribution in [0.1, 0.15) is 36.4 Å². The number of carbonyl (C=O) groups is 1. The molecule has 33 heavy (non-hydrogen) atoms. The first kappa shape index (κ1) is 22.8. The molecule has 0 radical (unpaired) electrons. The second-order valence-electron chi connectivity index (χ2n) is 8.09. The Bertz CT molecular complexity index is 1150. The van der Waals surface area contributed by atoms with Gasteiger partial charge >= 0.3 is 6.18 Å². The smallest absolute Gasteiger partial charge is 0.309 e. The largest absolute Gasteiger partial charge is 0.433 e. The second-order valence-corrected chi connectivity index (χ2v) is 8.09. The number of aryl methyl sites for hydroxylation is 2. The summed E-state index contributed by atoms with van der Waals surface area (Å²) in [6, 6.07) is 7.20. The summed E-state index contributed by atoms with van der Waals surface area (Å²) in [6.45, 7) is 0. The molecule has 0 saturated heterocycles. The normalized spacial score (nSPS) is 18.9. The minimum Gasteiger partial charge on any atom is -0.309 e. The van der Waals surface area contributed by atoms with Crippen LogP contribution in [0.2, 0.25) is 0 Å². The number of rotatable bonds is 5. The Morgan fingerprint density at radius 2 is 1.88 bits per heavy atom. The van der Waals surface area contributed by atoms with Crippen molar-refractivity contribution < 1.29 is 26.7 Å². The maximum atomic E-state index is 13.9. The van der Waals surface area contributed by atoms with Crippen molar-refractivity contribution in [1.29, 1.82) is 0 Å². The lowest BCUT2D eigenvalue weighted by molar-refractivity contribution is -0.143. The van der Waals surface area contributed by atoms with E-state index in [2.05, 4.69) is 25.8 Å². The topological polar surface area (TPSA) is 90.5 Å². The van der Waals surface area contributed by atoms with Crippen molar-refractivity contribution in [3.63, 3.8) is 0 Å². The molecule has 176 valence electrons. The monoisotopic (exact) mass is 469 g/mol. The summed E-state index contributed by atoms with van der Waals surface area (Å²) in [5, 5.41) is 17.8. The van der Waals surface area contributed by atoms with Crippen LogP contribution < -0.4 is 5.32 Å². The first-order valence-corrected chi connectivity index (χ1v) is 10.1. The molecule has 1 N–H and O–H groups in total. The van der Waals surface area contributed by atoms with E-state index in [1.807, 2.05) is 0 Å². The van der Waals surface area contributed by atoms with E-state index in [-0.39, 0.29) is 18.7 Å². The van der Waals surface area contributed by atoms with Gasteiger partial charge in [-0.05, 0) is 23.1 Å². The van der Waals surface area contributed by atoms with Gasteiger partial charge in [0.25, 0.3) is 0 Å². The fourth-order valence-electron chi connectivity index (χ4n) is 4.14. The van der Waals surface area contributed by atoms with E-state index < -0.39 is 42.0 Å². The van der Waals surface area contributed by atoms with Crippen molar-refractivity contribution in [1.82, 2.24) is 30.0 Å². The van der Waals surface area contributed by atoms with Crippen LogP contribution >= 0.6 is 0 Å². The van der Waals surface area contributed by atoms with Gasteiger partial charge < -0.3 is 5.32 Å². The number of benzene rings is 1. The minimum absolute atomic E-state index is 0.106. The molecule has 0 bridgehead atoms. The van der Waals surface area contributed by atoms with E-state index >= 15 is 0 Å². The molecular formula is C20H20F5N7O. The highest BCUT2D eigenvalue weighted by atomic mass is 19.4. The fourth-order valence-corrected chi connectivity index (χ4v) is 4.14. The minimum atomic E-state index is -4.65. The highest BCUT2D eigenvalue weighted by molar-refractivity contribution is 5.95. The van der Waals surface area contributed by atoms with Gasteiger partial charge in [0, 0.05) is 31.5 Å². The van der Waals surface area contributed by atoms with Crippen molar-refractivity contribution in [2.45, 2.75) is 37.3 Å². The molecule has 0 spiro atoms. The van der Waals surface area contributed by atoms with Crippen LogP contribution in [0.3, 0.4) is 0 Å². The quantitative estimate of drug-likeness (QED) is 0.575. The van der Waals surface area contributed by atoms with E-state index in [4.69, 9.17) is 0 Å². The number of anilines is 1. The summed E-state index contributed by atoms with van der Waals surface area (Å²) >= 11 is 0. The molecule has 13 heteroatoms. The first-order chi connectivity index (χ1) is 15.4. The molecule has 3 aromatic rings. The summed E-state index contributed by atoms with van der Waals surface area (Å²) < 4.78 is 67.7. The van der Waals surface area contributed by atoms with Crippen molar-refractivity contribution >= 4 is 11.7 Å². The van der Waals surface area contributed by atoms with Crippen molar-refractivity contribution in [2.24, 2.45) is 20.0 Å². The average Bonchev–Trinajstić information content (AvgIpc) is 3.41. The van der Waals surface area contributed by atoms with Crippen LogP contribution in [0.4, 0.5) is 27.8 Å². The van der Waals surface area contributed by atoms with Gasteiger partial charge in [0.05, 0.1) is 13.0 Å². The predicted octanol–water partition coefficient (Wildman–Crippen LogP) is 3.79. The molecule has 0 aliphatic heterocycles. The summed E-state index contributed by atoms with van der Waals surface area (Å²) in [4.78, 5) is 14.4. The number of nitrogens with zero attached hydrogens (tertiary/aromatic N) is 6. The van der Waals surface area contributed by atoms with Gasteiger partial charge in [-0.25, -0.2) is 8.78 Å². The van der Waals surface area contributed by atoms with Gasteiger partial charge in [0.1, 0.15) is 5.69 Å². The number of hydrogen-bond acceptors (Lipinski definition) is 5. The number of aromatic nitrogens is 6. The Labute approximate surface area is 184 Å². The van der Waals surface area contributed by atoms with Crippen LogP contribution in [-0.2, 0) is 25.1 Å². The molecule has 2 unspecified atom stereocenters. The summed E-state index contributed by atoms with van der Waals surface area (Å²) in [7, 11) is 2.71. The molecule has 1 amide bonds. The molecular weight excluding hydrogens is 449 g/mol. The molecule has 4 rings (SSSR count). The number of carbonyl (C=O) groups excluding carboxylic acids is 1. The van der Waals surface area contributed by atoms with Crippen LogP contribution in [0.25, 0.3) is 11.4 Å². The average molecular weight is 469 g/mol. The Kier molecular flexibility index (Phi) is 5.66. The van der Waals surface area contributed by atoms with E-state index in [0.717, 1.165) is 7.05 Å². The number of halogens is 5. The third-order valence-corrected chi connectivity index (χ3v) is 5.65. The van der Waals surface area contributed by atoms with Crippen molar-refractivity contribution in [3.8, 4) is 11.4 Å². The van der Waals surface area contributed by atoms with Crippen LogP contribution in [0.15, 0.2) is 30.3 Å². The lowest BCUT2D eigenvalue weighted by Gasteiger charge is -2.23. The Hall–Kier alpha value is -3.38. The lowest BCUT2D eigenvalue weighted by Crippen LogP contribution is -2.27. The summed E-state index contributed by atoms with van der Waals surface area (Å²) in [6.07, 6.45) is -5.39. The van der Waals surface area contributed by atoms with Crippen molar-refractivity contribution in [2.75, 3.05) is 5.32 Å². The molecule has 1 aromatic carbocycles. The van der Waals surface area contributed by atoms with E-state index in [1.54, 1.807) is 31.3 Å². The number of alkyl halides is 5. The highest BCUT2D eigenvalue weighted by Crippen LogP contribution is 2.46. The zero-order chi connectivity index (χ0) is 24.0. The Morgan fingerprint density at radius 1 is 1.18 bits per heavy atom. The van der Waals surface area contributed by atoms with Gasteiger partial charge in [-0.15, -0.1) is 10.2 Å². The van der Waals surface area contributed by atoms with Gasteiger partial charge in [-0.3, -0.25) is 9.48 Å². The number of tetrazole rings is 1. The highest BCUT2D eigenvalue weighted by Gasteiger charge is 2.45. The number of hydrogen-bond donors (Lipinski definition) is 1. The lowest BCUT2D eigenvalue weighted by atomic mass is 9.83. The molecule has 2 aromatic heterocycles. The van der Waals surface area contributed by atoms with Crippen LogP contribution in [0, 0.1) is 5.92 Å². The first-order valence-electron chi connectivity index (χ1n) is 10.1. The molecule has 1 saturated carbocycles. The van der Waals surface area contributed by atoms with Crippen molar-refractivity contribution in [3.05, 3.63) is 41.6 Å². The Balaban J connectivity index is 1.62. The SMILES string of the molecule is Cn1nnc(-c2ccc(C(C(=O)Nc3cc(C(F)(F)F)n(C)n3)C3CCC(F)(F)C3)cc2)n1. The number of amides is 1. The zero-order valence-corrected chi connectivity index (χ0v) is 17.6. The summed E-state index contributed by atoms with van der Waals surface area (Å²) in [5.74, 6) is -5.24. The van der Waals surface area contributed by atoms with Gasteiger partial charge in [-0.1, -0.05) is 24.3 Å². The maximum Gasteiger partial charge on any atom is 0.433 e. The standard InChI is InChI=1S/C20H20F5N7O/c1-31-14(20(23,24)25)9-15(28-31)26-18(33)16(13-7-8-19(21,22)10-13)11-3-5-12(6-4-11)17-27-30-32(2)29-17/h3-6,9,13,16H,7-8,10H2,1-2H3,(H,26,28,33). The van der Waals surface area contributed by atoms with Gasteiger partial charge in [-0.2, -0.15) is 23.1 Å². The van der Waals surface area contributed by atoms with E-state index in [9.17, 15) is 26.7 Å². The fraction of sp³-hybridized carbons (Fsp3) is 0.450. The Morgan fingerprint density at radius 3 is 2.39 bits per heavy atom. The molecule has 2 heterocycles. The van der Waals surface area contributed by atoms with Crippen LogP contribution in [0.5, 0.6) is 0 Å². The van der Waals surface area contributed by atoms with E-state index in [0.29, 0.717) is 27.7 Å². The number of nitrogens with one attached hydrogen (secondary N) is 1. The molecule has 2 atom stereocenters. The third kappa shape index (κ3) is 4.86. The van der Waals surface area contributed by atoms with Gasteiger partial charge in [0.15, 0.2) is 5.82 Å². The van der Waals surface area contributed by atoms with Gasteiger partial charge in [0.2, 0.25) is 17.7 Å². The second kappa shape index (κ2) is 8.19.